The number of hydrogen-bond acceptors (Lipinski definition) is 5. The number of nitrogens with one attached hydrogen (secondary N) is 1. The number of thioether (sulfide) groups is 1. The molecule has 2 atom stereocenters. The lowest BCUT2D eigenvalue weighted by Gasteiger charge is -2.23. The zero-order valence-corrected chi connectivity index (χ0v) is 13.6. The Morgan fingerprint density at radius 2 is 1.83 bits per heavy atom. The first kappa shape index (κ1) is 14.8. The molecule has 1 N–H and O–H groups in total. The van der Waals surface area contributed by atoms with Gasteiger partial charge >= 0.3 is 0 Å². The zero-order chi connectivity index (χ0) is 15.8. The summed E-state index contributed by atoms with van der Waals surface area (Å²) < 4.78 is 0. The Morgan fingerprint density at radius 3 is 2.52 bits per heavy atom. The molecule has 0 aromatic heterocycles. The Hall–Kier alpha value is -1.82. The van der Waals surface area contributed by atoms with Crippen molar-refractivity contribution in [1.82, 2.24) is 10.2 Å². The number of imide groups is 1. The third-order valence-corrected chi connectivity index (χ3v) is 5.64. The van der Waals surface area contributed by atoms with Crippen molar-refractivity contribution in [2.45, 2.75) is 37.8 Å². The van der Waals surface area contributed by atoms with Gasteiger partial charge in [-0.05, 0) is 25.0 Å². The number of rotatable bonds is 3. The zero-order valence-electron chi connectivity index (χ0n) is 12.8. The summed E-state index contributed by atoms with van der Waals surface area (Å²) in [6, 6.07) is 7.94. The summed E-state index contributed by atoms with van der Waals surface area (Å²) in [5, 5.41) is 4.45. The molecule has 1 aromatic carbocycles. The fourth-order valence-corrected chi connectivity index (χ4v) is 4.45. The number of benzene rings is 1. The molecule has 0 bridgehead atoms. The van der Waals surface area contributed by atoms with Gasteiger partial charge in [-0.2, -0.15) is 0 Å². The molecule has 0 spiro atoms. The molecule has 0 saturated heterocycles. The molecule has 2 amide bonds. The Balaban J connectivity index is 1.34. The van der Waals surface area contributed by atoms with Gasteiger partial charge in [0, 0.05) is 12.3 Å². The van der Waals surface area contributed by atoms with E-state index in [1.54, 1.807) is 36.0 Å². The number of amidine groups is 1. The fourth-order valence-electron chi connectivity index (χ4n) is 3.54. The Labute approximate surface area is 139 Å². The summed E-state index contributed by atoms with van der Waals surface area (Å²) >= 11 is 1.61. The summed E-state index contributed by atoms with van der Waals surface area (Å²) in [4.78, 5) is 30.7. The lowest BCUT2D eigenvalue weighted by atomic mass is 9.92. The van der Waals surface area contributed by atoms with Crippen LogP contribution >= 0.6 is 11.8 Å². The number of carbonyl (C=O) groups excluding carboxylic acids is 2. The lowest BCUT2D eigenvalue weighted by molar-refractivity contribution is 0.0664. The topological polar surface area (TPSA) is 61.8 Å². The van der Waals surface area contributed by atoms with E-state index in [0.29, 0.717) is 35.5 Å². The average Bonchev–Trinajstić information content (AvgIpc) is 3.09. The highest BCUT2D eigenvalue weighted by Crippen LogP contribution is 2.27. The van der Waals surface area contributed by atoms with E-state index in [1.165, 1.54) is 30.6 Å². The average molecular weight is 329 g/mol. The van der Waals surface area contributed by atoms with E-state index in [0.717, 1.165) is 5.17 Å². The smallest absolute Gasteiger partial charge is 0.261 e. The molecule has 4 rings (SSSR count). The number of nitrogens with zero attached hydrogens (tertiary/aromatic N) is 2. The van der Waals surface area contributed by atoms with Crippen LogP contribution in [-0.4, -0.2) is 46.3 Å². The van der Waals surface area contributed by atoms with Gasteiger partial charge < -0.3 is 5.32 Å². The van der Waals surface area contributed by atoms with Gasteiger partial charge in [-0.1, -0.05) is 36.7 Å². The van der Waals surface area contributed by atoms with Crippen molar-refractivity contribution in [3.63, 3.8) is 0 Å². The minimum Gasteiger partial charge on any atom is -0.360 e. The number of aliphatic imine (C=N–C) groups is 1. The first-order valence-corrected chi connectivity index (χ1v) is 9.15. The summed E-state index contributed by atoms with van der Waals surface area (Å²) in [5.74, 6) is 0.318. The van der Waals surface area contributed by atoms with Crippen LogP contribution in [-0.2, 0) is 0 Å². The highest BCUT2D eigenvalue weighted by atomic mass is 32.2. The highest BCUT2D eigenvalue weighted by molar-refractivity contribution is 8.13. The van der Waals surface area contributed by atoms with Gasteiger partial charge in [0.25, 0.3) is 11.8 Å². The second-order valence-corrected chi connectivity index (χ2v) is 7.28. The van der Waals surface area contributed by atoms with Crippen LogP contribution in [0.1, 0.15) is 46.4 Å². The van der Waals surface area contributed by atoms with E-state index in [4.69, 9.17) is 4.99 Å². The van der Waals surface area contributed by atoms with Crippen LogP contribution in [0, 0.1) is 0 Å². The molecule has 0 radical (unpaired) electrons. The van der Waals surface area contributed by atoms with Crippen LogP contribution < -0.4 is 5.32 Å². The molecule has 120 valence electrons. The Morgan fingerprint density at radius 1 is 1.13 bits per heavy atom. The van der Waals surface area contributed by atoms with E-state index in [2.05, 4.69) is 5.32 Å². The maximum atomic E-state index is 12.3. The van der Waals surface area contributed by atoms with Crippen molar-refractivity contribution in [3.05, 3.63) is 35.4 Å². The molecule has 2 aliphatic heterocycles. The van der Waals surface area contributed by atoms with Crippen LogP contribution in [0.25, 0.3) is 0 Å². The van der Waals surface area contributed by atoms with Crippen LogP contribution in [0.15, 0.2) is 29.3 Å². The van der Waals surface area contributed by atoms with Crippen LogP contribution in [0.5, 0.6) is 0 Å². The normalized spacial score (nSPS) is 25.9. The maximum absolute atomic E-state index is 12.3. The standard InChI is InChI=1S/C17H19N3O2S/c21-15-11-5-1-2-6-12(11)16(22)20(15)9-10-23-17-18-13-7-3-4-8-14(13)19-17/h1-2,5-6,13-14H,3-4,7-10H2,(H,18,19)/t13-,14+. The minimum atomic E-state index is -0.179. The van der Waals surface area contributed by atoms with Gasteiger partial charge in [0.1, 0.15) is 0 Å². The second-order valence-electron chi connectivity index (χ2n) is 6.19. The third-order valence-electron chi connectivity index (χ3n) is 4.75. The molecule has 2 heterocycles. The second kappa shape index (κ2) is 6.00. The largest absolute Gasteiger partial charge is 0.360 e. The van der Waals surface area contributed by atoms with Gasteiger partial charge in [0.15, 0.2) is 5.17 Å². The Kier molecular flexibility index (Phi) is 3.85. The highest BCUT2D eigenvalue weighted by Gasteiger charge is 2.35. The SMILES string of the molecule is O=C1c2ccccc2C(=O)N1CCSC1=N[C@@H]2CCCC[C@@H]2N1. The number of fused-ring (bicyclic) bond motifs is 2. The van der Waals surface area contributed by atoms with Gasteiger partial charge in [0.2, 0.25) is 0 Å². The lowest BCUT2D eigenvalue weighted by Crippen LogP contribution is -2.36. The van der Waals surface area contributed by atoms with Crippen LogP contribution in [0.4, 0.5) is 0 Å². The van der Waals surface area contributed by atoms with Crippen LogP contribution in [0.3, 0.4) is 0 Å². The fraction of sp³-hybridized carbons (Fsp3) is 0.471. The van der Waals surface area contributed by atoms with Crippen molar-refractivity contribution in [3.8, 4) is 0 Å². The van der Waals surface area contributed by atoms with Crippen molar-refractivity contribution in [1.29, 1.82) is 0 Å². The van der Waals surface area contributed by atoms with E-state index in [9.17, 15) is 9.59 Å². The molecule has 1 aliphatic carbocycles. The summed E-state index contributed by atoms with van der Waals surface area (Å²) in [5.41, 5.74) is 1.04. The monoisotopic (exact) mass is 329 g/mol. The van der Waals surface area contributed by atoms with Gasteiger partial charge in [-0.25, -0.2) is 0 Å². The molecule has 23 heavy (non-hydrogen) atoms. The molecule has 1 fully saturated rings. The first-order valence-electron chi connectivity index (χ1n) is 8.16. The van der Waals surface area contributed by atoms with Gasteiger partial charge in [-0.3, -0.25) is 19.5 Å². The van der Waals surface area contributed by atoms with Crippen molar-refractivity contribution in [2.24, 2.45) is 4.99 Å². The van der Waals surface area contributed by atoms with Gasteiger partial charge in [0.05, 0.1) is 23.2 Å². The molecule has 0 unspecified atom stereocenters. The molecular weight excluding hydrogens is 310 g/mol. The quantitative estimate of drug-likeness (QED) is 0.864. The summed E-state index contributed by atoms with van der Waals surface area (Å²) in [6.45, 7) is 0.424. The summed E-state index contributed by atoms with van der Waals surface area (Å²) in [6.07, 6.45) is 4.90. The van der Waals surface area contributed by atoms with Crippen LogP contribution in [0.2, 0.25) is 0 Å². The van der Waals surface area contributed by atoms with Crippen molar-refractivity contribution in [2.75, 3.05) is 12.3 Å². The molecular formula is C17H19N3O2S. The third kappa shape index (κ3) is 2.65. The van der Waals surface area contributed by atoms with Crippen molar-refractivity contribution < 1.29 is 9.59 Å². The molecule has 5 nitrogen and oxygen atoms in total. The van der Waals surface area contributed by atoms with E-state index in [1.807, 2.05) is 0 Å². The molecule has 1 saturated carbocycles. The maximum Gasteiger partial charge on any atom is 0.261 e. The Bertz CT molecular complexity index is 653. The van der Waals surface area contributed by atoms with E-state index >= 15 is 0 Å². The summed E-state index contributed by atoms with van der Waals surface area (Å²) in [7, 11) is 0. The molecule has 3 aliphatic rings. The minimum absolute atomic E-state index is 0.179. The predicted octanol–water partition coefficient (Wildman–Crippen LogP) is 2.29. The number of hydrogen-bond donors (Lipinski definition) is 1. The number of carbonyl (C=O) groups is 2. The van der Waals surface area contributed by atoms with E-state index < -0.39 is 0 Å². The van der Waals surface area contributed by atoms with Gasteiger partial charge in [-0.15, -0.1) is 0 Å². The van der Waals surface area contributed by atoms with E-state index in [-0.39, 0.29) is 11.8 Å². The predicted molar refractivity (Wildman–Crippen MR) is 90.9 cm³/mol. The molecule has 1 aromatic rings. The number of amides is 2. The van der Waals surface area contributed by atoms with Crippen molar-refractivity contribution >= 4 is 28.7 Å². The molecule has 6 heteroatoms. The first-order chi connectivity index (χ1) is 11.2.